The van der Waals surface area contributed by atoms with Crippen molar-refractivity contribution in [3.8, 4) is 5.75 Å². The zero-order chi connectivity index (χ0) is 19.6. The summed E-state index contributed by atoms with van der Waals surface area (Å²) in [5, 5.41) is 12.3. The molecule has 2 aromatic carbocycles. The van der Waals surface area contributed by atoms with Crippen molar-refractivity contribution in [2.24, 2.45) is 0 Å². The topological polar surface area (TPSA) is 61.8 Å². The largest absolute Gasteiger partial charge is 0.493 e. The van der Waals surface area contributed by atoms with Gasteiger partial charge in [-0.25, -0.2) is 0 Å². The molecule has 1 amide bonds. The highest BCUT2D eigenvalue weighted by Crippen LogP contribution is 2.21. The van der Waals surface area contributed by atoms with Gasteiger partial charge in [-0.3, -0.25) is 4.79 Å². The van der Waals surface area contributed by atoms with Gasteiger partial charge in [-0.1, -0.05) is 48.5 Å². The summed E-state index contributed by atoms with van der Waals surface area (Å²) >= 11 is 0. The number of ether oxygens (including phenoxy) is 1. The summed E-state index contributed by atoms with van der Waals surface area (Å²) in [6.07, 6.45) is 2.62. The van der Waals surface area contributed by atoms with Gasteiger partial charge in [-0.15, -0.1) is 0 Å². The van der Waals surface area contributed by atoms with Gasteiger partial charge >= 0.3 is 0 Å². The van der Waals surface area contributed by atoms with E-state index < -0.39 is 0 Å². The molecule has 0 saturated carbocycles. The summed E-state index contributed by atoms with van der Waals surface area (Å²) in [5.41, 5.74) is 2.31. The molecule has 1 fully saturated rings. The van der Waals surface area contributed by atoms with Crippen molar-refractivity contribution in [3.05, 3.63) is 65.7 Å². The van der Waals surface area contributed by atoms with Crippen molar-refractivity contribution in [1.82, 2.24) is 10.2 Å². The summed E-state index contributed by atoms with van der Waals surface area (Å²) in [7, 11) is 0. The second-order valence-electron chi connectivity index (χ2n) is 7.17. The van der Waals surface area contributed by atoms with Crippen LogP contribution in [-0.4, -0.2) is 54.8 Å². The lowest BCUT2D eigenvalue weighted by atomic mass is 10.0. The molecular formula is C23H30N2O3. The number of aliphatic hydroxyl groups excluding tert-OH is 1. The van der Waals surface area contributed by atoms with Gasteiger partial charge in [0, 0.05) is 45.1 Å². The molecule has 0 unspecified atom stereocenters. The van der Waals surface area contributed by atoms with E-state index in [1.807, 2.05) is 47.4 Å². The molecule has 0 aliphatic carbocycles. The van der Waals surface area contributed by atoms with Crippen molar-refractivity contribution in [3.63, 3.8) is 0 Å². The van der Waals surface area contributed by atoms with E-state index in [0.717, 1.165) is 37.4 Å². The van der Waals surface area contributed by atoms with E-state index >= 15 is 0 Å². The van der Waals surface area contributed by atoms with Gasteiger partial charge in [-0.05, 0) is 30.0 Å². The maximum Gasteiger partial charge on any atom is 0.223 e. The predicted octanol–water partition coefficient (Wildman–Crippen LogP) is 2.42. The van der Waals surface area contributed by atoms with Crippen LogP contribution in [-0.2, 0) is 17.6 Å². The molecule has 5 heteroatoms. The SMILES string of the molecule is O=C(CCc1ccccc1OCCCO)N1CCNC[C@H]1Cc1ccccc1. The molecule has 2 N–H and O–H groups in total. The number of amides is 1. The third-order valence-corrected chi connectivity index (χ3v) is 5.13. The first-order chi connectivity index (χ1) is 13.8. The van der Waals surface area contributed by atoms with Crippen molar-refractivity contribution < 1.29 is 14.6 Å². The molecule has 1 aliphatic rings. The first kappa shape index (κ1) is 20.4. The maximum absolute atomic E-state index is 13.0. The number of rotatable bonds is 9. The third-order valence-electron chi connectivity index (χ3n) is 5.13. The van der Waals surface area contributed by atoms with Crippen molar-refractivity contribution in [2.75, 3.05) is 32.8 Å². The molecule has 5 nitrogen and oxygen atoms in total. The normalized spacial score (nSPS) is 16.8. The van der Waals surface area contributed by atoms with Crippen LogP contribution in [0.1, 0.15) is 24.0 Å². The van der Waals surface area contributed by atoms with E-state index in [-0.39, 0.29) is 18.6 Å². The Kier molecular flexibility index (Phi) is 7.88. The van der Waals surface area contributed by atoms with Gasteiger partial charge in [-0.2, -0.15) is 0 Å². The summed E-state index contributed by atoms with van der Waals surface area (Å²) in [6.45, 7) is 3.04. The molecule has 1 aliphatic heterocycles. The number of carbonyl (C=O) groups excluding carboxylic acids is 1. The highest BCUT2D eigenvalue weighted by Gasteiger charge is 2.26. The second-order valence-corrected chi connectivity index (χ2v) is 7.17. The van der Waals surface area contributed by atoms with Gasteiger partial charge in [0.15, 0.2) is 0 Å². The number of benzene rings is 2. The van der Waals surface area contributed by atoms with E-state index in [1.54, 1.807) is 0 Å². The molecular weight excluding hydrogens is 352 g/mol. The fraction of sp³-hybridized carbons (Fsp3) is 0.435. The Morgan fingerprint density at radius 3 is 2.75 bits per heavy atom. The molecule has 1 saturated heterocycles. The van der Waals surface area contributed by atoms with E-state index in [9.17, 15) is 4.79 Å². The Morgan fingerprint density at radius 1 is 1.14 bits per heavy atom. The van der Waals surface area contributed by atoms with Crippen molar-refractivity contribution in [1.29, 1.82) is 0 Å². The average molecular weight is 383 g/mol. The molecule has 1 heterocycles. The standard InChI is InChI=1S/C23H30N2O3/c26-15-6-16-28-22-10-5-4-9-20(22)11-12-23(27)25-14-13-24-18-21(25)17-19-7-2-1-3-8-19/h1-5,7-10,21,24,26H,6,11-18H2/t21-/m1/s1. The van der Waals surface area contributed by atoms with E-state index in [0.29, 0.717) is 25.9 Å². The Balaban J connectivity index is 1.58. The minimum atomic E-state index is 0.118. The molecule has 150 valence electrons. The van der Waals surface area contributed by atoms with Crippen LogP contribution < -0.4 is 10.1 Å². The zero-order valence-corrected chi connectivity index (χ0v) is 16.3. The Hall–Kier alpha value is -2.37. The first-order valence-corrected chi connectivity index (χ1v) is 10.1. The number of para-hydroxylation sites is 1. The number of aryl methyl sites for hydroxylation is 1. The third kappa shape index (κ3) is 5.81. The summed E-state index contributed by atoms with van der Waals surface area (Å²) in [5.74, 6) is 1.01. The van der Waals surface area contributed by atoms with E-state index in [4.69, 9.17) is 9.84 Å². The number of aliphatic hydroxyl groups is 1. The fourth-order valence-electron chi connectivity index (χ4n) is 3.64. The quantitative estimate of drug-likeness (QED) is 0.654. The highest BCUT2D eigenvalue weighted by molar-refractivity contribution is 5.77. The lowest BCUT2D eigenvalue weighted by molar-refractivity contribution is -0.134. The predicted molar refractivity (Wildman–Crippen MR) is 110 cm³/mol. The van der Waals surface area contributed by atoms with Crippen LogP contribution in [0.2, 0.25) is 0 Å². The van der Waals surface area contributed by atoms with Gasteiger partial charge in [0.25, 0.3) is 0 Å². The van der Waals surface area contributed by atoms with Gasteiger partial charge in [0.05, 0.1) is 6.61 Å². The first-order valence-electron chi connectivity index (χ1n) is 10.1. The highest BCUT2D eigenvalue weighted by atomic mass is 16.5. The maximum atomic E-state index is 13.0. The van der Waals surface area contributed by atoms with Crippen LogP contribution in [0.25, 0.3) is 0 Å². The smallest absolute Gasteiger partial charge is 0.223 e. The van der Waals surface area contributed by atoms with Crippen LogP contribution in [0.4, 0.5) is 0 Å². The monoisotopic (exact) mass is 382 g/mol. The molecule has 1 atom stereocenters. The van der Waals surface area contributed by atoms with E-state index in [2.05, 4.69) is 17.4 Å². The molecule has 0 bridgehead atoms. The summed E-state index contributed by atoms with van der Waals surface area (Å²) in [6, 6.07) is 18.4. The van der Waals surface area contributed by atoms with Crippen LogP contribution in [0.3, 0.4) is 0 Å². The molecule has 0 radical (unpaired) electrons. The Morgan fingerprint density at radius 2 is 1.93 bits per heavy atom. The molecule has 2 aromatic rings. The Labute approximate surface area is 167 Å². The summed E-state index contributed by atoms with van der Waals surface area (Å²) < 4.78 is 5.76. The van der Waals surface area contributed by atoms with Crippen LogP contribution in [0.15, 0.2) is 54.6 Å². The van der Waals surface area contributed by atoms with Gasteiger partial charge in [0.2, 0.25) is 5.91 Å². The Bertz CT molecular complexity index is 736. The van der Waals surface area contributed by atoms with Crippen molar-refractivity contribution >= 4 is 5.91 Å². The average Bonchev–Trinajstić information content (AvgIpc) is 2.74. The lowest BCUT2D eigenvalue weighted by Crippen LogP contribution is -2.54. The van der Waals surface area contributed by atoms with Crippen LogP contribution in [0.5, 0.6) is 5.75 Å². The number of hydrogen-bond donors (Lipinski definition) is 2. The van der Waals surface area contributed by atoms with Crippen LogP contribution >= 0.6 is 0 Å². The molecule has 28 heavy (non-hydrogen) atoms. The molecule has 0 spiro atoms. The number of hydrogen-bond acceptors (Lipinski definition) is 4. The van der Waals surface area contributed by atoms with E-state index in [1.165, 1.54) is 5.56 Å². The minimum Gasteiger partial charge on any atom is -0.493 e. The minimum absolute atomic E-state index is 0.118. The van der Waals surface area contributed by atoms with Gasteiger partial charge in [0.1, 0.15) is 5.75 Å². The number of carbonyl (C=O) groups is 1. The number of nitrogens with zero attached hydrogens (tertiary/aromatic N) is 1. The number of nitrogens with one attached hydrogen (secondary N) is 1. The second kappa shape index (κ2) is 10.8. The fourth-order valence-corrected chi connectivity index (χ4v) is 3.64. The molecule has 3 rings (SSSR count). The van der Waals surface area contributed by atoms with Crippen molar-refractivity contribution in [2.45, 2.75) is 31.7 Å². The zero-order valence-electron chi connectivity index (χ0n) is 16.3. The summed E-state index contributed by atoms with van der Waals surface area (Å²) in [4.78, 5) is 15.0. The van der Waals surface area contributed by atoms with Crippen LogP contribution in [0, 0.1) is 0 Å². The lowest BCUT2D eigenvalue weighted by Gasteiger charge is -2.36. The number of piperazine rings is 1. The van der Waals surface area contributed by atoms with Gasteiger partial charge < -0.3 is 20.1 Å². The molecule has 0 aromatic heterocycles.